The number of morpholine rings is 1. The van der Waals surface area contributed by atoms with Gasteiger partial charge in [0.1, 0.15) is 46.7 Å². The molecule has 1 atom stereocenters. The maximum absolute atomic E-state index is 15.4. The van der Waals surface area contributed by atoms with Crippen molar-refractivity contribution in [3.8, 4) is 17.0 Å². The number of aliphatic hydroxyl groups is 1. The molecule has 186 valence electrons. The minimum Gasteiger partial charge on any atom is -0.499 e. The molecule has 1 unspecified atom stereocenters. The summed E-state index contributed by atoms with van der Waals surface area (Å²) < 4.78 is 31.7. The average Bonchev–Trinajstić information content (AvgIpc) is 3.18. The lowest BCUT2D eigenvalue weighted by Crippen LogP contribution is -2.36. The summed E-state index contributed by atoms with van der Waals surface area (Å²) in [4.78, 5) is 19.8. The molecular formula is C26H26FN5O4. The van der Waals surface area contributed by atoms with Crippen LogP contribution in [-0.2, 0) is 9.47 Å². The van der Waals surface area contributed by atoms with Gasteiger partial charge >= 0.3 is 0 Å². The molecule has 1 N–H and O–H groups in total. The topological polar surface area (TPSA) is 102 Å². The van der Waals surface area contributed by atoms with Crippen molar-refractivity contribution in [1.82, 2.24) is 15.0 Å². The SMILES string of the molecule is COC1=C(C(O)c2cc(-c3ncnc4cc(N5CCOCC5)cnc34)c(F)cc2OC)N=CC=CC1. The number of anilines is 1. The number of hydrogen-bond donors (Lipinski definition) is 1. The smallest absolute Gasteiger partial charge is 0.136 e. The van der Waals surface area contributed by atoms with E-state index in [0.717, 1.165) is 18.8 Å². The zero-order valence-electron chi connectivity index (χ0n) is 20.0. The van der Waals surface area contributed by atoms with Gasteiger partial charge in [-0.25, -0.2) is 14.4 Å². The van der Waals surface area contributed by atoms with Gasteiger partial charge in [-0.1, -0.05) is 6.08 Å². The lowest BCUT2D eigenvalue weighted by atomic mass is 9.98. The Bertz CT molecular complexity index is 1370. The Labute approximate surface area is 207 Å². The van der Waals surface area contributed by atoms with Gasteiger partial charge in [0, 0.05) is 42.9 Å². The number of pyridine rings is 1. The fraction of sp³-hybridized carbons (Fsp3) is 0.308. The molecule has 0 spiro atoms. The van der Waals surface area contributed by atoms with E-state index in [2.05, 4.69) is 24.8 Å². The number of aromatic nitrogens is 3. The fourth-order valence-corrected chi connectivity index (χ4v) is 4.36. The Kier molecular flexibility index (Phi) is 6.88. The summed E-state index contributed by atoms with van der Waals surface area (Å²) in [6.45, 7) is 2.82. The van der Waals surface area contributed by atoms with Crippen LogP contribution in [0.4, 0.5) is 10.1 Å². The number of hydrogen-bond acceptors (Lipinski definition) is 9. The molecule has 36 heavy (non-hydrogen) atoms. The largest absolute Gasteiger partial charge is 0.499 e. The van der Waals surface area contributed by atoms with Crippen molar-refractivity contribution in [2.75, 3.05) is 45.4 Å². The molecule has 1 saturated heterocycles. The van der Waals surface area contributed by atoms with Crippen molar-refractivity contribution in [3.63, 3.8) is 0 Å². The molecule has 0 amide bonds. The third-order valence-electron chi connectivity index (χ3n) is 6.24. The molecule has 9 nitrogen and oxygen atoms in total. The van der Waals surface area contributed by atoms with Gasteiger partial charge in [0.05, 0.1) is 44.8 Å². The van der Waals surface area contributed by atoms with Crippen LogP contribution in [0.15, 0.2) is 59.3 Å². The molecule has 5 rings (SSSR count). The van der Waals surface area contributed by atoms with Crippen LogP contribution >= 0.6 is 0 Å². The standard InChI is InChI=1S/C26H26FN5O4/c1-34-21-5-3-4-6-28-25(21)26(33)18-12-17(19(27)13-22(18)35-2)23-24-20(30-15-31-23)11-16(14-29-24)32-7-9-36-10-8-32/h3-4,6,11-15,26,33H,5,7-10H2,1-2H3. The highest BCUT2D eigenvalue weighted by atomic mass is 19.1. The predicted molar refractivity (Wildman–Crippen MR) is 134 cm³/mol. The molecule has 1 aromatic carbocycles. The van der Waals surface area contributed by atoms with Gasteiger partial charge in [-0.05, 0) is 18.2 Å². The van der Waals surface area contributed by atoms with Crippen molar-refractivity contribution >= 4 is 22.9 Å². The monoisotopic (exact) mass is 491 g/mol. The van der Waals surface area contributed by atoms with Crippen molar-refractivity contribution < 1.29 is 23.7 Å². The van der Waals surface area contributed by atoms with Crippen LogP contribution in [0.3, 0.4) is 0 Å². The molecule has 2 aliphatic heterocycles. The normalized spacial score (nSPS) is 16.8. The molecule has 2 aromatic heterocycles. The molecule has 0 radical (unpaired) electrons. The first-order chi connectivity index (χ1) is 17.6. The molecule has 10 heteroatoms. The van der Waals surface area contributed by atoms with Crippen molar-refractivity contribution in [1.29, 1.82) is 0 Å². The molecule has 0 aliphatic carbocycles. The third kappa shape index (κ3) is 4.52. The highest BCUT2D eigenvalue weighted by Gasteiger charge is 2.26. The third-order valence-corrected chi connectivity index (χ3v) is 6.24. The van der Waals surface area contributed by atoms with Crippen LogP contribution in [0, 0.1) is 5.82 Å². The summed E-state index contributed by atoms with van der Waals surface area (Å²) in [5, 5.41) is 11.3. The lowest BCUT2D eigenvalue weighted by Gasteiger charge is -2.28. The fourth-order valence-electron chi connectivity index (χ4n) is 4.36. The van der Waals surface area contributed by atoms with Crippen LogP contribution in [0.1, 0.15) is 18.1 Å². The van der Waals surface area contributed by atoms with E-state index in [-0.39, 0.29) is 11.3 Å². The summed E-state index contributed by atoms with van der Waals surface area (Å²) in [5.74, 6) is 0.124. The first-order valence-electron chi connectivity index (χ1n) is 11.6. The van der Waals surface area contributed by atoms with Gasteiger partial charge in [0.2, 0.25) is 0 Å². The number of ether oxygens (including phenoxy) is 3. The highest BCUT2D eigenvalue weighted by molar-refractivity contribution is 5.90. The van der Waals surface area contributed by atoms with E-state index in [9.17, 15) is 5.11 Å². The zero-order valence-corrected chi connectivity index (χ0v) is 20.0. The summed E-state index contributed by atoms with van der Waals surface area (Å²) in [6.07, 6.45) is 7.59. The second-order valence-corrected chi connectivity index (χ2v) is 8.28. The molecule has 3 aromatic rings. The van der Waals surface area contributed by atoms with E-state index >= 15 is 4.39 Å². The second-order valence-electron chi connectivity index (χ2n) is 8.28. The number of nitrogens with zero attached hydrogens (tertiary/aromatic N) is 5. The van der Waals surface area contributed by atoms with E-state index in [1.807, 2.05) is 12.1 Å². The van der Waals surface area contributed by atoms with Crippen molar-refractivity contribution in [3.05, 3.63) is 65.7 Å². The molecule has 0 saturated carbocycles. The summed E-state index contributed by atoms with van der Waals surface area (Å²) >= 11 is 0. The van der Waals surface area contributed by atoms with Gasteiger partial charge < -0.3 is 24.2 Å². The van der Waals surface area contributed by atoms with Crippen LogP contribution in [-0.4, -0.2) is 66.8 Å². The molecule has 2 aliphatic rings. The number of aliphatic imine (C=N–C) groups is 1. The Hall–Kier alpha value is -3.89. The van der Waals surface area contributed by atoms with Crippen molar-refractivity contribution in [2.45, 2.75) is 12.5 Å². The minimum absolute atomic E-state index is 0.166. The van der Waals surface area contributed by atoms with Gasteiger partial charge in [-0.2, -0.15) is 0 Å². The number of aliphatic hydroxyl groups excluding tert-OH is 1. The summed E-state index contributed by atoms with van der Waals surface area (Å²) in [7, 11) is 2.94. The molecule has 0 bridgehead atoms. The average molecular weight is 492 g/mol. The molecule has 1 fully saturated rings. The number of allylic oxidation sites excluding steroid dienone is 2. The number of rotatable bonds is 6. The van der Waals surface area contributed by atoms with Crippen LogP contribution < -0.4 is 9.64 Å². The zero-order chi connectivity index (χ0) is 25.1. The van der Waals surface area contributed by atoms with Gasteiger partial charge in [-0.3, -0.25) is 9.98 Å². The Morgan fingerprint density at radius 3 is 2.69 bits per heavy atom. The molecular weight excluding hydrogens is 465 g/mol. The van der Waals surface area contributed by atoms with E-state index < -0.39 is 11.9 Å². The maximum Gasteiger partial charge on any atom is 0.136 e. The van der Waals surface area contributed by atoms with Gasteiger partial charge in [-0.15, -0.1) is 0 Å². The summed E-state index contributed by atoms with van der Waals surface area (Å²) in [6, 6.07) is 4.67. The van der Waals surface area contributed by atoms with Crippen LogP contribution in [0.2, 0.25) is 0 Å². The number of methoxy groups -OCH3 is 2. The Morgan fingerprint density at radius 1 is 1.08 bits per heavy atom. The highest BCUT2D eigenvalue weighted by Crippen LogP contribution is 2.38. The van der Waals surface area contributed by atoms with Gasteiger partial charge in [0.15, 0.2) is 0 Å². The number of fused-ring (bicyclic) bond motifs is 1. The van der Waals surface area contributed by atoms with Gasteiger partial charge in [0.25, 0.3) is 0 Å². The Morgan fingerprint density at radius 2 is 1.92 bits per heavy atom. The first-order valence-corrected chi connectivity index (χ1v) is 11.6. The summed E-state index contributed by atoms with van der Waals surface area (Å²) in [5.41, 5.74) is 3.08. The molecule has 4 heterocycles. The maximum atomic E-state index is 15.4. The van der Waals surface area contributed by atoms with Crippen molar-refractivity contribution in [2.24, 2.45) is 4.99 Å². The quantitative estimate of drug-likeness (QED) is 0.558. The van der Waals surface area contributed by atoms with E-state index in [4.69, 9.17) is 14.2 Å². The van der Waals surface area contributed by atoms with Crippen LogP contribution in [0.25, 0.3) is 22.3 Å². The Balaban J connectivity index is 1.60. The minimum atomic E-state index is -1.22. The van der Waals surface area contributed by atoms with E-state index in [1.54, 1.807) is 18.5 Å². The second kappa shape index (κ2) is 10.4. The number of benzene rings is 1. The number of halogens is 1. The first kappa shape index (κ1) is 23.8. The lowest BCUT2D eigenvalue weighted by molar-refractivity contribution is 0.122. The van der Waals surface area contributed by atoms with Crippen LogP contribution in [0.5, 0.6) is 5.75 Å². The predicted octanol–water partition coefficient (Wildman–Crippen LogP) is 3.60. The van der Waals surface area contributed by atoms with E-state index in [1.165, 1.54) is 32.7 Å². The van der Waals surface area contributed by atoms with E-state index in [0.29, 0.717) is 53.4 Å².